The zero-order chi connectivity index (χ0) is 14.6. The average molecular weight is 302 g/mol. The first-order valence-corrected chi connectivity index (χ1v) is 8.30. The number of hydrogen-bond donors (Lipinski definition) is 1. The summed E-state index contributed by atoms with van der Waals surface area (Å²) >= 11 is 0. The Labute approximate surface area is 120 Å². The van der Waals surface area contributed by atoms with Crippen LogP contribution in [0.15, 0.2) is 17.3 Å². The molecule has 0 radical (unpaired) electrons. The standard InChI is InChI=1S/C12H22N4O3S/c1-3-11-10-19-7-6-16(11)20(17,18)12-8-14-15(9-12)5-4-13-2/h8-9,11,13H,3-7,10H2,1-2H3. The smallest absolute Gasteiger partial charge is 0.246 e. The quantitative estimate of drug-likeness (QED) is 0.794. The van der Waals surface area contributed by atoms with Gasteiger partial charge in [-0.1, -0.05) is 6.92 Å². The molecule has 0 saturated carbocycles. The van der Waals surface area contributed by atoms with Crippen molar-refractivity contribution in [2.45, 2.75) is 30.8 Å². The zero-order valence-electron chi connectivity index (χ0n) is 11.9. The lowest BCUT2D eigenvalue weighted by molar-refractivity contribution is 0.0314. The third-order valence-corrected chi connectivity index (χ3v) is 5.36. The van der Waals surface area contributed by atoms with Gasteiger partial charge >= 0.3 is 0 Å². The lowest BCUT2D eigenvalue weighted by atomic mass is 10.2. The van der Waals surface area contributed by atoms with Gasteiger partial charge in [0.05, 0.1) is 26.0 Å². The van der Waals surface area contributed by atoms with Gasteiger partial charge in [-0.15, -0.1) is 0 Å². The van der Waals surface area contributed by atoms with Crippen LogP contribution in [-0.2, 0) is 21.3 Å². The Morgan fingerprint density at radius 2 is 2.35 bits per heavy atom. The summed E-state index contributed by atoms with van der Waals surface area (Å²) in [4.78, 5) is 0.258. The van der Waals surface area contributed by atoms with Gasteiger partial charge in [0, 0.05) is 25.3 Å². The molecule has 1 fully saturated rings. The van der Waals surface area contributed by atoms with Crippen LogP contribution in [0.3, 0.4) is 0 Å². The summed E-state index contributed by atoms with van der Waals surface area (Å²) in [6, 6.07) is -0.0885. The molecule has 0 amide bonds. The van der Waals surface area contributed by atoms with Crippen molar-refractivity contribution in [1.29, 1.82) is 0 Å². The van der Waals surface area contributed by atoms with Crippen LogP contribution in [0.2, 0.25) is 0 Å². The van der Waals surface area contributed by atoms with E-state index in [0.29, 0.717) is 26.3 Å². The largest absolute Gasteiger partial charge is 0.378 e. The van der Waals surface area contributed by atoms with Gasteiger partial charge in [0.25, 0.3) is 0 Å². The molecule has 1 aliphatic rings. The number of likely N-dealkylation sites (N-methyl/N-ethyl adjacent to an activating group) is 1. The van der Waals surface area contributed by atoms with Crippen molar-refractivity contribution < 1.29 is 13.2 Å². The maximum absolute atomic E-state index is 12.6. The Balaban J connectivity index is 2.18. The number of sulfonamides is 1. The minimum Gasteiger partial charge on any atom is -0.378 e. The minimum atomic E-state index is -3.48. The van der Waals surface area contributed by atoms with Gasteiger partial charge < -0.3 is 10.1 Å². The molecule has 1 aliphatic heterocycles. The molecule has 1 N–H and O–H groups in total. The molecular formula is C12H22N4O3S. The monoisotopic (exact) mass is 302 g/mol. The number of hydrogen-bond acceptors (Lipinski definition) is 5. The fourth-order valence-corrected chi connectivity index (χ4v) is 3.86. The molecule has 0 bridgehead atoms. The molecule has 2 rings (SSSR count). The number of ether oxygens (including phenoxy) is 1. The molecule has 20 heavy (non-hydrogen) atoms. The Bertz CT molecular complexity index is 529. The van der Waals surface area contributed by atoms with Gasteiger partial charge in [-0.05, 0) is 13.5 Å². The molecule has 1 saturated heterocycles. The van der Waals surface area contributed by atoms with E-state index in [9.17, 15) is 8.42 Å². The van der Waals surface area contributed by atoms with Crippen molar-refractivity contribution in [3.63, 3.8) is 0 Å². The van der Waals surface area contributed by atoms with E-state index in [1.54, 1.807) is 10.9 Å². The molecule has 114 valence electrons. The van der Waals surface area contributed by atoms with E-state index in [0.717, 1.165) is 13.0 Å². The normalized spacial score (nSPS) is 21.2. The van der Waals surface area contributed by atoms with Crippen molar-refractivity contribution >= 4 is 10.0 Å². The minimum absolute atomic E-state index is 0.0885. The fourth-order valence-electron chi connectivity index (χ4n) is 2.24. The third kappa shape index (κ3) is 3.20. The second kappa shape index (κ2) is 6.66. The van der Waals surface area contributed by atoms with E-state index in [-0.39, 0.29) is 10.9 Å². The van der Waals surface area contributed by atoms with Gasteiger partial charge in [0.15, 0.2) is 0 Å². The summed E-state index contributed by atoms with van der Waals surface area (Å²) in [7, 11) is -1.63. The maximum atomic E-state index is 12.6. The summed E-state index contributed by atoms with van der Waals surface area (Å²) in [6.45, 7) is 4.68. The first kappa shape index (κ1) is 15.4. The van der Waals surface area contributed by atoms with Crippen molar-refractivity contribution in [2.24, 2.45) is 0 Å². The Kier molecular flexibility index (Phi) is 5.14. The summed E-state index contributed by atoms with van der Waals surface area (Å²) in [5.41, 5.74) is 0. The number of nitrogens with zero attached hydrogens (tertiary/aromatic N) is 3. The van der Waals surface area contributed by atoms with Crippen LogP contribution in [0, 0.1) is 0 Å². The summed E-state index contributed by atoms with van der Waals surface area (Å²) in [6.07, 6.45) is 3.76. The second-order valence-electron chi connectivity index (χ2n) is 4.80. The molecule has 8 heteroatoms. The van der Waals surface area contributed by atoms with E-state index >= 15 is 0 Å². The summed E-state index contributed by atoms with van der Waals surface area (Å²) in [5.74, 6) is 0. The number of morpholine rings is 1. The van der Waals surface area contributed by atoms with E-state index in [4.69, 9.17) is 4.74 Å². The van der Waals surface area contributed by atoms with Crippen LogP contribution in [0.5, 0.6) is 0 Å². The summed E-state index contributed by atoms with van der Waals surface area (Å²) < 4.78 is 33.8. The molecular weight excluding hydrogens is 280 g/mol. The lowest BCUT2D eigenvalue weighted by Crippen LogP contribution is -2.48. The Morgan fingerprint density at radius 1 is 1.55 bits per heavy atom. The highest BCUT2D eigenvalue weighted by Gasteiger charge is 2.33. The Morgan fingerprint density at radius 3 is 3.05 bits per heavy atom. The Hall–Kier alpha value is -0.960. The van der Waals surface area contributed by atoms with Crippen LogP contribution >= 0.6 is 0 Å². The predicted octanol–water partition coefficient (Wildman–Crippen LogP) is -0.0980. The second-order valence-corrected chi connectivity index (χ2v) is 6.69. The maximum Gasteiger partial charge on any atom is 0.246 e. The average Bonchev–Trinajstić information content (AvgIpc) is 2.94. The van der Waals surface area contributed by atoms with Gasteiger partial charge in [-0.25, -0.2) is 8.42 Å². The van der Waals surface area contributed by atoms with Crippen LogP contribution < -0.4 is 5.32 Å². The van der Waals surface area contributed by atoms with E-state index in [1.807, 2.05) is 14.0 Å². The molecule has 1 unspecified atom stereocenters. The fraction of sp³-hybridized carbons (Fsp3) is 0.750. The highest BCUT2D eigenvalue weighted by Crippen LogP contribution is 2.21. The van der Waals surface area contributed by atoms with Crippen molar-refractivity contribution in [1.82, 2.24) is 19.4 Å². The third-order valence-electron chi connectivity index (χ3n) is 3.45. The van der Waals surface area contributed by atoms with E-state index in [2.05, 4.69) is 10.4 Å². The zero-order valence-corrected chi connectivity index (χ0v) is 12.8. The lowest BCUT2D eigenvalue weighted by Gasteiger charge is -2.33. The topological polar surface area (TPSA) is 76.5 Å². The van der Waals surface area contributed by atoms with Crippen molar-refractivity contribution in [3.05, 3.63) is 12.4 Å². The predicted molar refractivity (Wildman–Crippen MR) is 74.9 cm³/mol. The number of rotatable bonds is 6. The van der Waals surface area contributed by atoms with E-state index < -0.39 is 10.0 Å². The van der Waals surface area contributed by atoms with Crippen molar-refractivity contribution in [3.8, 4) is 0 Å². The molecule has 0 spiro atoms. The van der Waals surface area contributed by atoms with Crippen LogP contribution in [0.25, 0.3) is 0 Å². The van der Waals surface area contributed by atoms with Crippen LogP contribution in [0.4, 0.5) is 0 Å². The summed E-state index contributed by atoms with van der Waals surface area (Å²) in [5, 5.41) is 7.11. The highest BCUT2D eigenvalue weighted by molar-refractivity contribution is 7.89. The number of nitrogens with one attached hydrogen (secondary N) is 1. The first-order valence-electron chi connectivity index (χ1n) is 6.86. The van der Waals surface area contributed by atoms with Gasteiger partial charge in [0.1, 0.15) is 4.90 Å². The van der Waals surface area contributed by atoms with Gasteiger partial charge in [-0.2, -0.15) is 9.40 Å². The van der Waals surface area contributed by atoms with Crippen LogP contribution in [0.1, 0.15) is 13.3 Å². The van der Waals surface area contributed by atoms with Gasteiger partial charge in [-0.3, -0.25) is 4.68 Å². The molecule has 0 aliphatic carbocycles. The van der Waals surface area contributed by atoms with E-state index in [1.165, 1.54) is 10.5 Å². The van der Waals surface area contributed by atoms with Crippen LogP contribution in [-0.4, -0.2) is 61.9 Å². The molecule has 7 nitrogen and oxygen atoms in total. The van der Waals surface area contributed by atoms with Crippen molar-refractivity contribution in [2.75, 3.05) is 33.4 Å². The first-order chi connectivity index (χ1) is 9.59. The molecule has 2 heterocycles. The highest BCUT2D eigenvalue weighted by atomic mass is 32.2. The molecule has 0 aromatic carbocycles. The molecule has 1 aromatic heterocycles. The SMILES string of the molecule is CCC1COCCN1S(=O)(=O)c1cnn(CCNC)c1. The van der Waals surface area contributed by atoms with Gasteiger partial charge in [0.2, 0.25) is 10.0 Å². The molecule has 1 aromatic rings. The molecule has 1 atom stereocenters. The number of aromatic nitrogens is 2.